The minimum absolute atomic E-state index is 0.0438. The molecule has 2 N–H and O–H groups in total. The van der Waals surface area contributed by atoms with Crippen LogP contribution in [0.2, 0.25) is 0 Å². The summed E-state index contributed by atoms with van der Waals surface area (Å²) in [6.45, 7) is 0.385. The molecule has 0 amide bonds. The zero-order valence-corrected chi connectivity index (χ0v) is 16.5. The van der Waals surface area contributed by atoms with E-state index in [0.29, 0.717) is 10.9 Å². The molecular weight excluding hydrogens is 413 g/mol. The molecule has 162 valence electrons. The molecule has 9 heteroatoms. The number of fused-ring (bicyclic) bond motifs is 2. The third kappa shape index (κ3) is 3.88. The van der Waals surface area contributed by atoms with E-state index in [-0.39, 0.29) is 47.8 Å². The van der Waals surface area contributed by atoms with Crippen LogP contribution in [0.3, 0.4) is 0 Å². The highest BCUT2D eigenvalue weighted by Gasteiger charge is 2.38. The summed E-state index contributed by atoms with van der Waals surface area (Å²) in [4.78, 5) is 15.8. The van der Waals surface area contributed by atoms with Crippen molar-refractivity contribution >= 4 is 16.7 Å². The van der Waals surface area contributed by atoms with Crippen LogP contribution in [0, 0.1) is 0 Å². The van der Waals surface area contributed by atoms with Gasteiger partial charge in [0, 0.05) is 29.1 Å². The molecule has 0 fully saturated rings. The predicted molar refractivity (Wildman–Crippen MR) is 107 cm³/mol. The lowest BCUT2D eigenvalue weighted by Gasteiger charge is -2.25. The van der Waals surface area contributed by atoms with Crippen molar-refractivity contribution < 1.29 is 32.2 Å². The zero-order chi connectivity index (χ0) is 22.2. The number of ether oxygens (including phenoxy) is 3. The lowest BCUT2D eigenvalue weighted by Crippen LogP contribution is -2.34. The van der Waals surface area contributed by atoms with Gasteiger partial charge in [-0.3, -0.25) is 9.78 Å². The second-order valence-corrected chi connectivity index (χ2v) is 7.03. The van der Waals surface area contributed by atoms with E-state index < -0.39 is 23.8 Å². The molecule has 0 bridgehead atoms. The van der Waals surface area contributed by atoms with Crippen LogP contribution in [0.25, 0.3) is 22.0 Å². The normalized spacial score (nSPS) is 14.4. The molecular formula is C22H19F3N2O4. The molecule has 2 heterocycles. The van der Waals surface area contributed by atoms with E-state index in [4.69, 9.17) is 15.2 Å². The van der Waals surface area contributed by atoms with Gasteiger partial charge in [0.25, 0.3) is 0 Å². The van der Waals surface area contributed by atoms with Crippen molar-refractivity contribution in [3.05, 3.63) is 53.7 Å². The number of alkyl halides is 3. The number of methoxy groups -OCH3 is 1. The van der Waals surface area contributed by atoms with Crippen LogP contribution in [0.5, 0.6) is 11.5 Å². The van der Waals surface area contributed by atoms with Gasteiger partial charge in [0.1, 0.15) is 19.3 Å². The highest BCUT2D eigenvalue weighted by Crippen LogP contribution is 2.47. The van der Waals surface area contributed by atoms with Crippen LogP contribution in [-0.4, -0.2) is 37.3 Å². The quantitative estimate of drug-likeness (QED) is 0.633. The number of carbonyl (C=O) groups is 1. The van der Waals surface area contributed by atoms with Gasteiger partial charge in [-0.1, -0.05) is 30.3 Å². The second-order valence-electron chi connectivity index (χ2n) is 7.03. The van der Waals surface area contributed by atoms with Gasteiger partial charge in [0.2, 0.25) is 0 Å². The summed E-state index contributed by atoms with van der Waals surface area (Å²) in [6.07, 6.45) is -3.16. The van der Waals surface area contributed by atoms with Gasteiger partial charge in [-0.25, -0.2) is 0 Å². The number of benzene rings is 2. The van der Waals surface area contributed by atoms with Crippen molar-refractivity contribution in [2.45, 2.75) is 18.6 Å². The smallest absolute Gasteiger partial charge is 0.419 e. The maximum absolute atomic E-state index is 14.1. The molecule has 0 radical (unpaired) electrons. The summed E-state index contributed by atoms with van der Waals surface area (Å²) in [5, 5.41) is 0.424. The molecule has 1 aliphatic rings. The van der Waals surface area contributed by atoms with E-state index in [0.717, 1.165) is 0 Å². The molecule has 0 aliphatic carbocycles. The Morgan fingerprint density at radius 1 is 1.16 bits per heavy atom. The molecule has 0 spiro atoms. The molecule has 1 atom stereocenters. The minimum Gasteiger partial charge on any atom is -0.486 e. The SMILES string of the molecule is COC(=O)[C@@H](N)Cc1ccc(-c2ncc3ccccc3c2C(F)(F)F)c2c1OCCO2. The predicted octanol–water partition coefficient (Wildman–Crippen LogP) is 3.73. The van der Waals surface area contributed by atoms with Crippen LogP contribution in [0.4, 0.5) is 13.2 Å². The topological polar surface area (TPSA) is 83.7 Å². The maximum Gasteiger partial charge on any atom is 0.419 e. The Kier molecular flexibility index (Phi) is 5.45. The van der Waals surface area contributed by atoms with Crippen LogP contribution in [-0.2, 0) is 22.1 Å². The van der Waals surface area contributed by atoms with Gasteiger partial charge < -0.3 is 19.9 Å². The van der Waals surface area contributed by atoms with E-state index in [1.54, 1.807) is 24.3 Å². The number of aromatic nitrogens is 1. The molecule has 0 saturated heterocycles. The first-order valence-electron chi connectivity index (χ1n) is 9.51. The van der Waals surface area contributed by atoms with E-state index in [9.17, 15) is 18.0 Å². The van der Waals surface area contributed by atoms with Gasteiger partial charge in [-0.05, 0) is 11.5 Å². The van der Waals surface area contributed by atoms with Crippen LogP contribution in [0.1, 0.15) is 11.1 Å². The highest BCUT2D eigenvalue weighted by atomic mass is 19.4. The Balaban J connectivity index is 1.90. The molecule has 1 aromatic heterocycles. The lowest BCUT2D eigenvalue weighted by molar-refractivity contribution is -0.142. The highest BCUT2D eigenvalue weighted by molar-refractivity contribution is 5.91. The van der Waals surface area contributed by atoms with Crippen molar-refractivity contribution in [3.8, 4) is 22.8 Å². The van der Waals surface area contributed by atoms with Crippen LogP contribution in [0.15, 0.2) is 42.6 Å². The summed E-state index contributed by atoms with van der Waals surface area (Å²) in [7, 11) is 1.23. The largest absolute Gasteiger partial charge is 0.486 e. The van der Waals surface area contributed by atoms with E-state index in [1.807, 2.05) is 0 Å². The maximum atomic E-state index is 14.1. The number of hydrogen-bond donors (Lipinski definition) is 1. The zero-order valence-electron chi connectivity index (χ0n) is 16.5. The van der Waals surface area contributed by atoms with Crippen molar-refractivity contribution in [1.82, 2.24) is 4.98 Å². The van der Waals surface area contributed by atoms with Gasteiger partial charge in [-0.2, -0.15) is 13.2 Å². The number of hydrogen-bond acceptors (Lipinski definition) is 6. The van der Waals surface area contributed by atoms with E-state index >= 15 is 0 Å². The number of pyridine rings is 1. The van der Waals surface area contributed by atoms with Gasteiger partial charge >= 0.3 is 12.1 Å². The van der Waals surface area contributed by atoms with Crippen LogP contribution >= 0.6 is 0 Å². The van der Waals surface area contributed by atoms with Gasteiger partial charge in [0.15, 0.2) is 11.5 Å². The fraction of sp³-hybridized carbons (Fsp3) is 0.273. The Morgan fingerprint density at radius 2 is 1.87 bits per heavy atom. The molecule has 31 heavy (non-hydrogen) atoms. The Labute approximate surface area is 175 Å². The molecule has 3 aromatic rings. The summed E-state index contributed by atoms with van der Waals surface area (Å²) in [6, 6.07) is 8.30. The van der Waals surface area contributed by atoms with Gasteiger partial charge in [0.05, 0.1) is 18.4 Å². The van der Waals surface area contributed by atoms with Crippen molar-refractivity contribution in [2.24, 2.45) is 5.73 Å². The Morgan fingerprint density at radius 3 is 2.58 bits per heavy atom. The summed E-state index contributed by atoms with van der Waals surface area (Å²) in [5.74, 6) is -0.203. The molecule has 6 nitrogen and oxygen atoms in total. The second kappa shape index (κ2) is 8.07. The van der Waals surface area contributed by atoms with E-state index in [1.165, 1.54) is 25.4 Å². The molecule has 1 aliphatic heterocycles. The monoisotopic (exact) mass is 432 g/mol. The van der Waals surface area contributed by atoms with Crippen molar-refractivity contribution in [1.29, 1.82) is 0 Å². The van der Waals surface area contributed by atoms with Crippen molar-refractivity contribution in [3.63, 3.8) is 0 Å². The number of carbonyl (C=O) groups excluding carboxylic acids is 1. The first-order chi connectivity index (χ1) is 14.8. The molecule has 4 rings (SSSR count). The fourth-order valence-electron chi connectivity index (χ4n) is 3.67. The average Bonchev–Trinajstić information content (AvgIpc) is 2.77. The lowest BCUT2D eigenvalue weighted by atomic mass is 9.95. The molecule has 0 unspecified atom stereocenters. The average molecular weight is 432 g/mol. The Bertz CT molecular complexity index is 1150. The number of nitrogens with zero attached hydrogens (tertiary/aromatic N) is 1. The number of esters is 1. The number of rotatable bonds is 4. The summed E-state index contributed by atoms with van der Waals surface area (Å²) in [5.41, 5.74) is 5.44. The first-order valence-corrected chi connectivity index (χ1v) is 9.51. The fourth-order valence-corrected chi connectivity index (χ4v) is 3.67. The molecule has 2 aromatic carbocycles. The number of nitrogens with two attached hydrogens (primary N) is 1. The third-order valence-electron chi connectivity index (χ3n) is 5.05. The minimum atomic E-state index is -4.64. The number of halogens is 3. The van der Waals surface area contributed by atoms with E-state index in [2.05, 4.69) is 9.72 Å². The van der Waals surface area contributed by atoms with Gasteiger partial charge in [-0.15, -0.1) is 0 Å². The Hall–Kier alpha value is -3.33. The summed E-state index contributed by atoms with van der Waals surface area (Å²) < 4.78 is 58.3. The first kappa shape index (κ1) is 20.9. The third-order valence-corrected chi connectivity index (χ3v) is 5.05. The standard InChI is InChI=1S/C22H19F3N2O4/c1-29-21(28)16(26)10-12-6-7-15(20-19(12)30-8-9-31-20)18-17(22(23,24)25)14-5-3-2-4-13(14)11-27-18/h2-7,11,16H,8-10,26H2,1H3/t16-/m0/s1. The van der Waals surface area contributed by atoms with Crippen molar-refractivity contribution in [2.75, 3.05) is 20.3 Å². The van der Waals surface area contributed by atoms with Crippen LogP contribution < -0.4 is 15.2 Å². The molecule has 0 saturated carbocycles. The summed E-state index contributed by atoms with van der Waals surface area (Å²) >= 11 is 0.